The molecule has 6 aromatic rings. The lowest BCUT2D eigenvalue weighted by Gasteiger charge is -2.26. The second-order valence-electron chi connectivity index (χ2n) is 9.95. The van der Waals surface area contributed by atoms with E-state index in [1.165, 1.54) is 36.2 Å². The molecule has 0 spiro atoms. The van der Waals surface area contributed by atoms with Gasteiger partial charge >= 0.3 is 0 Å². The van der Waals surface area contributed by atoms with Crippen LogP contribution in [0.15, 0.2) is 55.0 Å². The molecule has 1 aliphatic heterocycles. The van der Waals surface area contributed by atoms with Crippen molar-refractivity contribution in [2.45, 2.75) is 32.7 Å². The number of pyridine rings is 3. The van der Waals surface area contributed by atoms with Crippen LogP contribution in [0.4, 0.5) is 0 Å². The van der Waals surface area contributed by atoms with Gasteiger partial charge in [-0.15, -0.1) is 11.3 Å². The van der Waals surface area contributed by atoms with Gasteiger partial charge in [0.15, 0.2) is 22.9 Å². The monoisotopic (exact) mass is 534 g/mol. The Kier molecular flexibility index (Phi) is 5.98. The van der Waals surface area contributed by atoms with Gasteiger partial charge < -0.3 is 4.98 Å². The highest BCUT2D eigenvalue weighted by Crippen LogP contribution is 2.34. The van der Waals surface area contributed by atoms with Crippen LogP contribution in [0.5, 0.6) is 0 Å². The van der Waals surface area contributed by atoms with Gasteiger partial charge in [-0.1, -0.05) is 6.42 Å². The van der Waals surface area contributed by atoms with E-state index in [1.54, 1.807) is 13.1 Å². The number of aromatic amines is 2. The van der Waals surface area contributed by atoms with Gasteiger partial charge in [-0.3, -0.25) is 19.8 Å². The number of carbonyl (C=O) groups excluding carboxylic acids is 1. The Morgan fingerprint density at radius 1 is 1.05 bits per heavy atom. The molecule has 1 aliphatic rings. The van der Waals surface area contributed by atoms with E-state index in [0.29, 0.717) is 17.2 Å². The van der Waals surface area contributed by atoms with Crippen LogP contribution in [0.2, 0.25) is 0 Å². The molecule has 10 heteroatoms. The summed E-state index contributed by atoms with van der Waals surface area (Å²) in [6.45, 7) is 4.78. The van der Waals surface area contributed by atoms with E-state index >= 15 is 0 Å². The third kappa shape index (κ3) is 4.51. The summed E-state index contributed by atoms with van der Waals surface area (Å²) in [5.41, 5.74) is 7.52. The minimum atomic E-state index is 0.0546. The first kappa shape index (κ1) is 23.8. The second kappa shape index (κ2) is 9.79. The molecule has 0 saturated carbocycles. The van der Waals surface area contributed by atoms with Gasteiger partial charge in [-0.05, 0) is 74.8 Å². The average molecular weight is 535 g/mol. The molecule has 0 aromatic carbocycles. The molecule has 6 aromatic heterocycles. The molecule has 39 heavy (non-hydrogen) atoms. The van der Waals surface area contributed by atoms with Gasteiger partial charge in [-0.25, -0.2) is 15.0 Å². The summed E-state index contributed by atoms with van der Waals surface area (Å²) in [6, 6.07) is 11.9. The highest BCUT2D eigenvalue weighted by molar-refractivity contribution is 7.17. The Hall–Kier alpha value is -4.28. The van der Waals surface area contributed by atoms with Crippen LogP contribution in [-0.2, 0) is 6.54 Å². The van der Waals surface area contributed by atoms with Crippen LogP contribution < -0.4 is 0 Å². The fraction of sp³-hybridized carbons (Fsp3) is 0.241. The van der Waals surface area contributed by atoms with Crippen LogP contribution >= 0.6 is 11.3 Å². The van der Waals surface area contributed by atoms with Crippen molar-refractivity contribution in [1.29, 1.82) is 0 Å². The van der Waals surface area contributed by atoms with E-state index < -0.39 is 0 Å². The van der Waals surface area contributed by atoms with Gasteiger partial charge in [0, 0.05) is 41.1 Å². The highest BCUT2D eigenvalue weighted by atomic mass is 32.1. The smallest absolute Gasteiger partial charge is 0.178 e. The van der Waals surface area contributed by atoms with Crippen LogP contribution in [0.3, 0.4) is 0 Å². The molecule has 0 radical (unpaired) electrons. The molecule has 1 fully saturated rings. The van der Waals surface area contributed by atoms with E-state index in [4.69, 9.17) is 9.97 Å². The molecule has 7 rings (SSSR count). The van der Waals surface area contributed by atoms with E-state index in [9.17, 15) is 4.79 Å². The first-order valence-electron chi connectivity index (χ1n) is 13.1. The van der Waals surface area contributed by atoms with Crippen molar-refractivity contribution in [3.63, 3.8) is 0 Å². The number of aromatic nitrogens is 7. The van der Waals surface area contributed by atoms with Crippen LogP contribution in [0, 0.1) is 0 Å². The summed E-state index contributed by atoms with van der Waals surface area (Å²) in [5, 5.41) is 7.63. The number of carbonyl (C=O) groups is 1. The molecule has 0 aliphatic carbocycles. The number of nitrogens with one attached hydrogen (secondary N) is 2. The Bertz CT molecular complexity index is 1830. The van der Waals surface area contributed by atoms with Crippen molar-refractivity contribution < 1.29 is 4.79 Å². The number of imidazole rings is 1. The van der Waals surface area contributed by atoms with Gasteiger partial charge in [0.05, 0.1) is 21.6 Å². The van der Waals surface area contributed by atoms with E-state index in [1.807, 2.05) is 42.7 Å². The standard InChI is InChI=1S/C29H26N8OS/c1-17(38)23-7-8-24(39-23)20-9-10-31-28-25(20)33-29(34-28)27-26-22(35-36-27)6-5-21(32-26)19-13-18(14-30-15-19)16-37-11-3-2-4-12-37/h5-10,13-15H,2-4,11-12,16H2,1H3,(H,35,36)(H,31,33,34). The first-order valence-corrected chi connectivity index (χ1v) is 13.9. The number of piperidine rings is 1. The zero-order valence-electron chi connectivity index (χ0n) is 21.4. The lowest BCUT2D eigenvalue weighted by Crippen LogP contribution is -2.29. The third-order valence-corrected chi connectivity index (χ3v) is 8.41. The zero-order valence-corrected chi connectivity index (χ0v) is 22.3. The van der Waals surface area contributed by atoms with Crippen LogP contribution in [-0.4, -0.2) is 58.9 Å². The molecule has 0 amide bonds. The summed E-state index contributed by atoms with van der Waals surface area (Å²) < 4.78 is 0. The second-order valence-corrected chi connectivity index (χ2v) is 11.0. The zero-order chi connectivity index (χ0) is 26.3. The maximum Gasteiger partial charge on any atom is 0.178 e. The summed E-state index contributed by atoms with van der Waals surface area (Å²) in [4.78, 5) is 38.2. The van der Waals surface area contributed by atoms with Crippen LogP contribution in [0.1, 0.15) is 41.4 Å². The van der Waals surface area contributed by atoms with Gasteiger partial charge in [0.1, 0.15) is 5.52 Å². The predicted octanol–water partition coefficient (Wildman–Crippen LogP) is 5.88. The van der Waals surface area contributed by atoms with Crippen molar-refractivity contribution in [1.82, 2.24) is 40.0 Å². The highest BCUT2D eigenvalue weighted by Gasteiger charge is 2.19. The number of likely N-dealkylation sites (tertiary alicyclic amines) is 1. The summed E-state index contributed by atoms with van der Waals surface area (Å²) >= 11 is 1.46. The fourth-order valence-corrected chi connectivity index (χ4v) is 6.15. The molecular weight excluding hydrogens is 508 g/mol. The van der Waals surface area contributed by atoms with Gasteiger partial charge in [-0.2, -0.15) is 5.10 Å². The average Bonchev–Trinajstić information content (AvgIpc) is 3.71. The molecule has 0 bridgehead atoms. The van der Waals surface area contributed by atoms with Crippen molar-refractivity contribution in [3.05, 3.63) is 65.4 Å². The molecule has 0 atom stereocenters. The number of Topliss-reactive ketones (excluding diaryl/α,β-unsaturated/α-hetero) is 1. The molecule has 9 nitrogen and oxygen atoms in total. The number of hydrogen-bond donors (Lipinski definition) is 2. The Balaban J connectivity index is 1.25. The number of nitrogens with zero attached hydrogens (tertiary/aromatic N) is 6. The number of rotatable bonds is 6. The van der Waals surface area contributed by atoms with Crippen molar-refractivity contribution in [2.75, 3.05) is 13.1 Å². The summed E-state index contributed by atoms with van der Waals surface area (Å²) in [6.07, 6.45) is 9.40. The minimum absolute atomic E-state index is 0.0546. The SMILES string of the molecule is CC(=O)c1ccc(-c2ccnc3nc(-c4n[nH]c5ccc(-c6cncc(CN7CCCCC7)c6)nc45)[nH]c23)s1. The Labute approximate surface area is 228 Å². The topological polar surface area (TPSA) is 116 Å². The number of ketones is 1. The van der Waals surface area contributed by atoms with Gasteiger partial charge in [0.25, 0.3) is 0 Å². The lowest BCUT2D eigenvalue weighted by molar-refractivity contribution is 0.102. The number of fused-ring (bicyclic) bond motifs is 2. The predicted molar refractivity (Wildman–Crippen MR) is 152 cm³/mol. The molecule has 2 N–H and O–H groups in total. The van der Waals surface area contributed by atoms with Crippen molar-refractivity contribution in [3.8, 4) is 33.2 Å². The third-order valence-electron chi connectivity index (χ3n) is 7.19. The maximum atomic E-state index is 11.8. The normalized spacial score (nSPS) is 14.4. The summed E-state index contributed by atoms with van der Waals surface area (Å²) in [7, 11) is 0. The minimum Gasteiger partial charge on any atom is -0.335 e. The Morgan fingerprint density at radius 2 is 1.95 bits per heavy atom. The molecule has 0 unspecified atom stereocenters. The summed E-state index contributed by atoms with van der Waals surface area (Å²) in [5.74, 6) is 0.639. The molecular formula is C29H26N8OS. The molecule has 7 heterocycles. The van der Waals surface area contributed by atoms with Gasteiger partial charge in [0.2, 0.25) is 0 Å². The van der Waals surface area contributed by atoms with E-state index in [0.717, 1.165) is 62.8 Å². The van der Waals surface area contributed by atoms with Crippen LogP contribution in [0.25, 0.3) is 55.4 Å². The largest absolute Gasteiger partial charge is 0.335 e. The Morgan fingerprint density at radius 3 is 2.79 bits per heavy atom. The number of thiophene rings is 1. The van der Waals surface area contributed by atoms with Crippen molar-refractivity contribution >= 4 is 39.3 Å². The van der Waals surface area contributed by atoms with E-state index in [2.05, 4.69) is 36.1 Å². The quantitative estimate of drug-likeness (QED) is 0.257. The number of hydrogen-bond acceptors (Lipinski definition) is 8. The van der Waals surface area contributed by atoms with Crippen molar-refractivity contribution in [2.24, 2.45) is 0 Å². The molecule has 1 saturated heterocycles. The maximum absolute atomic E-state index is 11.8. The fourth-order valence-electron chi connectivity index (χ4n) is 5.22. The lowest BCUT2D eigenvalue weighted by atomic mass is 10.1. The number of H-pyrrole nitrogens is 2. The first-order chi connectivity index (χ1) is 19.1. The molecule has 194 valence electrons. The van der Waals surface area contributed by atoms with E-state index in [-0.39, 0.29) is 5.78 Å².